The lowest BCUT2D eigenvalue weighted by molar-refractivity contribution is -0.135. The molecule has 2 saturated heterocycles. The van der Waals surface area contributed by atoms with Crippen LogP contribution < -0.4 is 15.5 Å². The second-order valence-electron chi connectivity index (χ2n) is 7.62. The highest BCUT2D eigenvalue weighted by atomic mass is 19.2. The lowest BCUT2D eigenvalue weighted by Crippen LogP contribution is -2.50. The Morgan fingerprint density at radius 2 is 1.76 bits per heavy atom. The average Bonchev–Trinajstić information content (AvgIpc) is 3.55. The van der Waals surface area contributed by atoms with Crippen molar-refractivity contribution in [3.63, 3.8) is 0 Å². The molecule has 0 bridgehead atoms. The third kappa shape index (κ3) is 5.65. The molecule has 29 heavy (non-hydrogen) atoms. The summed E-state index contributed by atoms with van der Waals surface area (Å²) >= 11 is 0. The summed E-state index contributed by atoms with van der Waals surface area (Å²) in [6.45, 7) is 3.63. The predicted octanol–water partition coefficient (Wildman–Crippen LogP) is 2.02. The molecule has 7 nitrogen and oxygen atoms in total. The molecule has 1 unspecified atom stereocenters. The zero-order valence-corrected chi connectivity index (χ0v) is 16.4. The number of imide groups is 1. The molecule has 158 valence electrons. The number of carbonyl (C=O) groups is 3. The van der Waals surface area contributed by atoms with Crippen LogP contribution in [0.5, 0.6) is 0 Å². The topological polar surface area (TPSA) is 81.8 Å². The molecular formula is C20H26F2N4O3. The molecule has 1 aromatic carbocycles. The highest BCUT2D eigenvalue weighted by Crippen LogP contribution is 2.21. The van der Waals surface area contributed by atoms with Crippen molar-refractivity contribution in [2.45, 2.75) is 38.6 Å². The quantitative estimate of drug-likeness (QED) is 0.747. The summed E-state index contributed by atoms with van der Waals surface area (Å²) in [5.41, 5.74) is 0.578. The Morgan fingerprint density at radius 3 is 2.28 bits per heavy atom. The molecule has 3 fully saturated rings. The molecule has 2 aliphatic heterocycles. The molecule has 2 N–H and O–H groups in total. The van der Waals surface area contributed by atoms with Gasteiger partial charge in [0.2, 0.25) is 5.91 Å². The second-order valence-corrected chi connectivity index (χ2v) is 7.62. The van der Waals surface area contributed by atoms with Crippen molar-refractivity contribution in [1.29, 1.82) is 0 Å². The summed E-state index contributed by atoms with van der Waals surface area (Å²) in [5.74, 6) is -2.72. The first-order valence-electron chi connectivity index (χ1n) is 9.95. The van der Waals surface area contributed by atoms with Crippen molar-refractivity contribution < 1.29 is 23.2 Å². The zero-order valence-electron chi connectivity index (χ0n) is 16.4. The van der Waals surface area contributed by atoms with Gasteiger partial charge in [-0.05, 0) is 18.6 Å². The number of hydrogen-bond acceptors (Lipinski definition) is 4. The molecule has 0 spiro atoms. The third-order valence-electron chi connectivity index (χ3n) is 5.08. The number of hydrogen-bond donors (Lipinski definition) is 2. The normalized spacial score (nSPS) is 21.7. The number of anilines is 1. The number of halogens is 2. The van der Waals surface area contributed by atoms with Crippen LogP contribution in [0, 0.1) is 17.6 Å². The van der Waals surface area contributed by atoms with Crippen LogP contribution >= 0.6 is 0 Å². The maximum atomic E-state index is 13.4. The van der Waals surface area contributed by atoms with Crippen LogP contribution in [0.3, 0.4) is 0 Å². The fourth-order valence-corrected chi connectivity index (χ4v) is 3.26. The number of benzene rings is 1. The maximum absolute atomic E-state index is 13.4. The van der Waals surface area contributed by atoms with Crippen molar-refractivity contribution in [2.24, 2.45) is 5.92 Å². The standard InChI is InChI=1S/C17H20F2N4O3.C3H6/c1-10(8-14-15(24)21-17(26)20-14)16(25)23-6-4-22(5-7-23)11-2-3-12(18)13(19)9-11;1-2-3-1/h2-3,9-10,14H,4-8H2,1H3,(H2,20,21,24,26);1-3H2/t10?,14-;/m1./s1. The Bertz CT molecular complexity index is 776. The van der Waals surface area contributed by atoms with E-state index < -0.39 is 35.5 Å². The van der Waals surface area contributed by atoms with Crippen molar-refractivity contribution in [2.75, 3.05) is 31.1 Å². The molecule has 3 aliphatic rings. The van der Waals surface area contributed by atoms with Crippen molar-refractivity contribution in [1.82, 2.24) is 15.5 Å². The molecule has 2 atom stereocenters. The van der Waals surface area contributed by atoms with E-state index in [4.69, 9.17) is 0 Å². The zero-order chi connectivity index (χ0) is 21.0. The number of piperazine rings is 1. The highest BCUT2D eigenvalue weighted by Gasteiger charge is 2.34. The van der Waals surface area contributed by atoms with Crippen molar-refractivity contribution >= 4 is 23.5 Å². The van der Waals surface area contributed by atoms with Crippen LogP contribution in [-0.4, -0.2) is 55.0 Å². The minimum absolute atomic E-state index is 0.0936. The third-order valence-corrected chi connectivity index (χ3v) is 5.08. The Morgan fingerprint density at radius 1 is 1.10 bits per heavy atom. The molecule has 0 radical (unpaired) electrons. The van der Waals surface area contributed by atoms with E-state index in [0.29, 0.717) is 31.9 Å². The van der Waals surface area contributed by atoms with Gasteiger partial charge in [-0.2, -0.15) is 0 Å². The molecule has 4 rings (SSSR count). The monoisotopic (exact) mass is 408 g/mol. The van der Waals surface area contributed by atoms with E-state index in [0.717, 1.165) is 12.1 Å². The Labute approximate surface area is 168 Å². The summed E-state index contributed by atoms with van der Waals surface area (Å²) in [6, 6.07) is 2.52. The first-order valence-corrected chi connectivity index (χ1v) is 9.95. The van der Waals surface area contributed by atoms with E-state index in [1.807, 2.05) is 4.90 Å². The van der Waals surface area contributed by atoms with Gasteiger partial charge in [0.15, 0.2) is 11.6 Å². The highest BCUT2D eigenvalue weighted by molar-refractivity contribution is 6.04. The van der Waals surface area contributed by atoms with Gasteiger partial charge in [0, 0.05) is 43.9 Å². The molecular weight excluding hydrogens is 382 g/mol. The lowest BCUT2D eigenvalue weighted by Gasteiger charge is -2.37. The van der Waals surface area contributed by atoms with Crippen molar-refractivity contribution in [3.05, 3.63) is 29.8 Å². The fraction of sp³-hybridized carbons (Fsp3) is 0.550. The maximum Gasteiger partial charge on any atom is 0.322 e. The molecule has 1 saturated carbocycles. The summed E-state index contributed by atoms with van der Waals surface area (Å²) in [6.07, 6.45) is 4.74. The SMILES string of the molecule is C1CC1.CC(C[C@H]1NC(=O)NC1=O)C(=O)N1CCN(c2ccc(F)c(F)c2)CC1. The lowest BCUT2D eigenvalue weighted by atomic mass is 10.00. The number of rotatable bonds is 4. The Kier molecular flexibility index (Phi) is 6.66. The molecule has 1 aliphatic carbocycles. The summed E-state index contributed by atoms with van der Waals surface area (Å²) in [4.78, 5) is 38.9. The van der Waals surface area contributed by atoms with Crippen LogP contribution in [0.25, 0.3) is 0 Å². The first-order chi connectivity index (χ1) is 13.8. The van der Waals surface area contributed by atoms with Gasteiger partial charge in [-0.3, -0.25) is 14.9 Å². The second kappa shape index (κ2) is 9.19. The fourth-order valence-electron chi connectivity index (χ4n) is 3.26. The smallest absolute Gasteiger partial charge is 0.322 e. The van der Waals surface area contributed by atoms with Gasteiger partial charge in [0.1, 0.15) is 6.04 Å². The van der Waals surface area contributed by atoms with Crippen molar-refractivity contribution in [3.8, 4) is 0 Å². The van der Waals surface area contributed by atoms with Gasteiger partial charge in [-0.25, -0.2) is 13.6 Å². The Balaban J connectivity index is 0.000000732. The molecule has 9 heteroatoms. The van der Waals surface area contributed by atoms with Crippen LogP contribution in [0.15, 0.2) is 18.2 Å². The van der Waals surface area contributed by atoms with Gasteiger partial charge < -0.3 is 15.1 Å². The van der Waals surface area contributed by atoms with Gasteiger partial charge in [-0.1, -0.05) is 26.2 Å². The average molecular weight is 408 g/mol. The van der Waals surface area contributed by atoms with Crippen LogP contribution in [0.2, 0.25) is 0 Å². The van der Waals surface area contributed by atoms with Crippen LogP contribution in [0.4, 0.5) is 19.3 Å². The number of carbonyl (C=O) groups excluding carboxylic acids is 3. The minimum Gasteiger partial charge on any atom is -0.368 e. The van der Waals surface area contributed by atoms with Crippen LogP contribution in [-0.2, 0) is 9.59 Å². The van der Waals surface area contributed by atoms with E-state index in [9.17, 15) is 23.2 Å². The molecule has 1 aromatic rings. The van der Waals surface area contributed by atoms with Gasteiger partial charge >= 0.3 is 6.03 Å². The van der Waals surface area contributed by atoms with E-state index in [2.05, 4.69) is 10.6 Å². The van der Waals surface area contributed by atoms with Gasteiger partial charge in [0.25, 0.3) is 5.91 Å². The summed E-state index contributed by atoms with van der Waals surface area (Å²) in [7, 11) is 0. The summed E-state index contributed by atoms with van der Waals surface area (Å²) in [5, 5.41) is 4.63. The molecule has 2 heterocycles. The predicted molar refractivity (Wildman–Crippen MR) is 103 cm³/mol. The minimum atomic E-state index is -0.897. The molecule has 0 aromatic heterocycles. The number of nitrogens with zero attached hydrogens (tertiary/aromatic N) is 2. The van der Waals surface area contributed by atoms with Gasteiger partial charge in [0.05, 0.1) is 0 Å². The van der Waals surface area contributed by atoms with E-state index >= 15 is 0 Å². The van der Waals surface area contributed by atoms with Crippen LogP contribution in [0.1, 0.15) is 32.6 Å². The van der Waals surface area contributed by atoms with E-state index in [-0.39, 0.29) is 12.3 Å². The van der Waals surface area contributed by atoms with Gasteiger partial charge in [-0.15, -0.1) is 0 Å². The Hall–Kier alpha value is -2.71. The number of urea groups is 1. The van der Waals surface area contributed by atoms with E-state index in [1.54, 1.807) is 11.8 Å². The largest absolute Gasteiger partial charge is 0.368 e. The molecule has 4 amide bonds. The first kappa shape index (κ1) is 21.0. The van der Waals surface area contributed by atoms with E-state index in [1.165, 1.54) is 25.3 Å². The number of nitrogens with one attached hydrogen (secondary N) is 2. The number of amides is 4. The summed E-state index contributed by atoms with van der Waals surface area (Å²) < 4.78 is 26.4.